The van der Waals surface area contributed by atoms with Crippen LogP contribution in [0.5, 0.6) is 0 Å². The Balaban J connectivity index is 2.82. The second kappa shape index (κ2) is 5.77. The summed E-state index contributed by atoms with van der Waals surface area (Å²) < 4.78 is 2.66. The molecule has 0 saturated carbocycles. The van der Waals surface area contributed by atoms with Gasteiger partial charge in [-0.3, -0.25) is 9.59 Å². The van der Waals surface area contributed by atoms with E-state index in [4.69, 9.17) is 5.11 Å². The van der Waals surface area contributed by atoms with Gasteiger partial charge in [0.15, 0.2) is 0 Å². The lowest BCUT2D eigenvalue weighted by Crippen LogP contribution is -2.39. The Bertz CT molecular complexity index is 492. The number of hydrogen-bond donors (Lipinski definition) is 2. The van der Waals surface area contributed by atoms with Gasteiger partial charge in [-0.05, 0) is 49.7 Å². The second-order valence-corrected chi connectivity index (χ2v) is 6.33. The molecule has 0 bridgehead atoms. The molecule has 0 aliphatic rings. The predicted molar refractivity (Wildman–Crippen MR) is 76.3 cm³/mol. The van der Waals surface area contributed by atoms with E-state index >= 15 is 0 Å². The van der Waals surface area contributed by atoms with Crippen LogP contribution in [0.2, 0.25) is 0 Å². The van der Waals surface area contributed by atoms with Crippen LogP contribution >= 0.6 is 15.9 Å². The van der Waals surface area contributed by atoms with Crippen LogP contribution in [0.4, 0.5) is 0 Å². The third-order valence-electron chi connectivity index (χ3n) is 2.87. The van der Waals surface area contributed by atoms with Gasteiger partial charge in [0.2, 0.25) is 0 Å². The van der Waals surface area contributed by atoms with E-state index in [-0.39, 0.29) is 18.5 Å². The molecule has 0 atom stereocenters. The van der Waals surface area contributed by atoms with Gasteiger partial charge >= 0.3 is 5.97 Å². The number of carbonyl (C=O) groups is 2. The van der Waals surface area contributed by atoms with Crippen molar-refractivity contribution in [3.05, 3.63) is 22.4 Å². The van der Waals surface area contributed by atoms with Crippen molar-refractivity contribution in [3.8, 4) is 0 Å². The maximum absolute atomic E-state index is 12.1. The van der Waals surface area contributed by atoms with Crippen LogP contribution in [-0.4, -0.2) is 28.1 Å². The second-order valence-electron chi connectivity index (χ2n) is 5.42. The van der Waals surface area contributed by atoms with Crippen LogP contribution in [0.15, 0.2) is 16.7 Å². The number of nitrogens with one attached hydrogen (secondary N) is 1. The maximum Gasteiger partial charge on any atom is 0.310 e. The first-order chi connectivity index (χ1) is 8.65. The van der Waals surface area contributed by atoms with Crippen molar-refractivity contribution < 1.29 is 14.7 Å². The zero-order chi connectivity index (χ0) is 14.8. The van der Waals surface area contributed by atoms with Gasteiger partial charge in [-0.25, -0.2) is 0 Å². The monoisotopic (exact) mass is 330 g/mol. The highest BCUT2D eigenvalue weighted by atomic mass is 79.9. The van der Waals surface area contributed by atoms with Gasteiger partial charge < -0.3 is 15.0 Å². The van der Waals surface area contributed by atoms with E-state index in [1.54, 1.807) is 19.9 Å². The van der Waals surface area contributed by atoms with Crippen LogP contribution in [0, 0.1) is 5.41 Å². The number of carbonyl (C=O) groups excluding carboxylic acids is 1. The van der Waals surface area contributed by atoms with Gasteiger partial charge in [-0.15, -0.1) is 0 Å². The molecule has 0 spiro atoms. The molecular formula is C13H19BrN2O3. The van der Waals surface area contributed by atoms with E-state index < -0.39 is 11.4 Å². The van der Waals surface area contributed by atoms with Gasteiger partial charge in [0, 0.05) is 23.3 Å². The van der Waals surface area contributed by atoms with Gasteiger partial charge in [-0.2, -0.15) is 0 Å². The summed E-state index contributed by atoms with van der Waals surface area (Å²) in [4.78, 5) is 23.1. The Labute approximate surface area is 121 Å². The molecule has 5 nitrogen and oxygen atoms in total. The summed E-state index contributed by atoms with van der Waals surface area (Å²) in [6, 6.07) is 1.88. The van der Waals surface area contributed by atoms with E-state index in [2.05, 4.69) is 21.2 Å². The molecule has 1 aromatic heterocycles. The Morgan fingerprint density at radius 1 is 1.47 bits per heavy atom. The summed E-state index contributed by atoms with van der Waals surface area (Å²) in [5.41, 5.74) is -0.467. The van der Waals surface area contributed by atoms with Crippen molar-refractivity contribution in [1.82, 2.24) is 9.88 Å². The number of aliphatic carboxylic acids is 1. The molecule has 6 heteroatoms. The largest absolute Gasteiger partial charge is 0.481 e. The highest BCUT2D eigenvalue weighted by Crippen LogP contribution is 2.20. The van der Waals surface area contributed by atoms with Crippen LogP contribution in [0.3, 0.4) is 0 Å². The fourth-order valence-corrected chi connectivity index (χ4v) is 1.96. The van der Waals surface area contributed by atoms with E-state index in [1.165, 1.54) is 0 Å². The average Bonchev–Trinajstić information content (AvgIpc) is 2.68. The number of aromatic nitrogens is 1. The zero-order valence-corrected chi connectivity index (χ0v) is 13.1. The molecular weight excluding hydrogens is 312 g/mol. The Morgan fingerprint density at radius 2 is 2.05 bits per heavy atom. The number of carboxylic acids is 1. The molecule has 0 radical (unpaired) electrons. The van der Waals surface area contributed by atoms with E-state index in [9.17, 15) is 9.59 Å². The van der Waals surface area contributed by atoms with Crippen LogP contribution in [0.1, 0.15) is 44.2 Å². The van der Waals surface area contributed by atoms with Crippen molar-refractivity contribution in [2.45, 2.75) is 33.7 Å². The third-order valence-corrected chi connectivity index (χ3v) is 3.31. The summed E-state index contributed by atoms with van der Waals surface area (Å²) in [5, 5.41) is 11.7. The molecule has 0 aromatic carbocycles. The fourth-order valence-electron chi connectivity index (χ4n) is 1.52. The van der Waals surface area contributed by atoms with Crippen LogP contribution < -0.4 is 5.32 Å². The van der Waals surface area contributed by atoms with Gasteiger partial charge in [0.25, 0.3) is 5.91 Å². The van der Waals surface area contributed by atoms with E-state index in [1.807, 2.05) is 24.6 Å². The van der Waals surface area contributed by atoms with Crippen molar-refractivity contribution in [1.29, 1.82) is 0 Å². The summed E-state index contributed by atoms with van der Waals surface area (Å²) in [7, 11) is 0. The minimum atomic E-state index is -0.984. The number of carboxylic acid groups (broad SMARTS) is 1. The molecule has 0 unspecified atom stereocenters. The predicted octanol–water partition coefficient (Wildman–Crippen LogP) is 2.67. The molecule has 1 amide bonds. The van der Waals surface area contributed by atoms with Crippen LogP contribution in [0.25, 0.3) is 0 Å². The maximum atomic E-state index is 12.1. The molecule has 1 rings (SSSR count). The number of rotatable bonds is 5. The Kier molecular flexibility index (Phi) is 4.79. The quantitative estimate of drug-likeness (QED) is 0.871. The normalized spacial score (nSPS) is 11.7. The molecule has 0 aliphatic carbocycles. The molecule has 1 aromatic rings. The number of halogens is 1. The Hall–Kier alpha value is -1.30. The highest BCUT2D eigenvalue weighted by molar-refractivity contribution is 9.10. The third kappa shape index (κ3) is 3.83. The number of amides is 1. The fraction of sp³-hybridized carbons (Fsp3) is 0.538. The zero-order valence-electron chi connectivity index (χ0n) is 11.5. The summed E-state index contributed by atoms with van der Waals surface area (Å²) >= 11 is 3.34. The van der Waals surface area contributed by atoms with Crippen molar-refractivity contribution >= 4 is 27.8 Å². The van der Waals surface area contributed by atoms with E-state index in [0.29, 0.717) is 5.69 Å². The molecule has 0 aliphatic heterocycles. The molecule has 2 N–H and O–H groups in total. The SMILES string of the molecule is CC(C)n1cc(Br)cc1C(=O)NCC(C)(C)C(=O)O. The minimum absolute atomic E-state index is 0.0854. The first-order valence-corrected chi connectivity index (χ1v) is 6.83. The molecule has 0 fully saturated rings. The first kappa shape index (κ1) is 15.8. The van der Waals surface area contributed by atoms with Gasteiger partial charge in [-0.1, -0.05) is 0 Å². The minimum Gasteiger partial charge on any atom is -0.481 e. The standard InChI is InChI=1S/C13H19BrN2O3/c1-8(2)16-6-9(14)5-10(16)11(17)15-7-13(3,4)12(18)19/h5-6,8H,7H2,1-4H3,(H,15,17)(H,18,19). The van der Waals surface area contributed by atoms with Crippen molar-refractivity contribution in [2.24, 2.45) is 5.41 Å². The lowest BCUT2D eigenvalue weighted by Gasteiger charge is -2.20. The molecule has 106 valence electrons. The lowest BCUT2D eigenvalue weighted by molar-refractivity contribution is -0.146. The highest BCUT2D eigenvalue weighted by Gasteiger charge is 2.28. The van der Waals surface area contributed by atoms with E-state index in [0.717, 1.165) is 4.47 Å². The first-order valence-electron chi connectivity index (χ1n) is 6.04. The average molecular weight is 331 g/mol. The summed E-state index contributed by atoms with van der Waals surface area (Å²) in [6.07, 6.45) is 1.84. The molecule has 19 heavy (non-hydrogen) atoms. The van der Waals surface area contributed by atoms with Crippen molar-refractivity contribution in [3.63, 3.8) is 0 Å². The number of nitrogens with zero attached hydrogens (tertiary/aromatic N) is 1. The summed E-state index contributed by atoms with van der Waals surface area (Å²) in [6.45, 7) is 7.19. The smallest absolute Gasteiger partial charge is 0.310 e. The lowest BCUT2D eigenvalue weighted by atomic mass is 9.94. The molecule has 0 saturated heterocycles. The topological polar surface area (TPSA) is 71.3 Å². The van der Waals surface area contributed by atoms with Gasteiger partial charge in [0.05, 0.1) is 5.41 Å². The van der Waals surface area contributed by atoms with Crippen LogP contribution in [-0.2, 0) is 4.79 Å². The summed E-state index contributed by atoms with van der Waals surface area (Å²) in [5.74, 6) is -1.21. The number of hydrogen-bond acceptors (Lipinski definition) is 2. The molecule has 1 heterocycles. The van der Waals surface area contributed by atoms with Gasteiger partial charge in [0.1, 0.15) is 5.69 Å². The Morgan fingerprint density at radius 3 is 2.53 bits per heavy atom. The van der Waals surface area contributed by atoms with Crippen molar-refractivity contribution in [2.75, 3.05) is 6.54 Å².